The summed E-state index contributed by atoms with van der Waals surface area (Å²) in [6, 6.07) is 26.1. The Hall–Kier alpha value is -1.83. The maximum atomic E-state index is 6.87. The van der Waals surface area contributed by atoms with Crippen LogP contribution in [-0.2, 0) is 47.4 Å². The first kappa shape index (κ1) is 21.0. The summed E-state index contributed by atoms with van der Waals surface area (Å²) < 4.78 is 0. The minimum atomic E-state index is 0. The molecule has 0 fully saturated rings. The fourth-order valence-corrected chi connectivity index (χ4v) is 5.75. The van der Waals surface area contributed by atoms with Crippen molar-refractivity contribution in [3.8, 4) is 22.3 Å². The third-order valence-corrected chi connectivity index (χ3v) is 7.60. The van der Waals surface area contributed by atoms with Gasteiger partial charge in [-0.1, -0.05) is 96.0 Å². The second kappa shape index (κ2) is 8.26. The number of hydrogen-bond donors (Lipinski definition) is 0. The fourth-order valence-electron chi connectivity index (χ4n) is 5.10. The maximum absolute atomic E-state index is 6.87. The predicted octanol–water partition coefficient (Wildman–Crippen LogP) is 7.92. The molecule has 0 saturated carbocycles. The molecule has 0 radical (unpaired) electrons. The standard InChI is InChI=1S/C28H20Cl2.Ti/c29-27-17(11-13-23-21-7-3-1-5-19(21)15-25(23)27)9-10-18-12-14-24-22-8-4-2-6-20(22)16-26(24)28(18)30;/h1-8,11-14H,9-10,15-16H2;/q;+2. The van der Waals surface area contributed by atoms with Crippen molar-refractivity contribution in [1.82, 2.24) is 0 Å². The van der Waals surface area contributed by atoms with E-state index in [0.717, 1.165) is 35.7 Å². The number of rotatable bonds is 3. The van der Waals surface area contributed by atoms with E-state index >= 15 is 0 Å². The fraction of sp³-hybridized carbons (Fsp3) is 0.143. The van der Waals surface area contributed by atoms with Crippen LogP contribution >= 0.6 is 23.2 Å². The van der Waals surface area contributed by atoms with Crippen LogP contribution in [-0.4, -0.2) is 0 Å². The number of halogens is 2. The molecule has 0 aliphatic heterocycles. The van der Waals surface area contributed by atoms with Gasteiger partial charge >= 0.3 is 21.7 Å². The zero-order valence-corrected chi connectivity index (χ0v) is 20.1. The Morgan fingerprint density at radius 1 is 0.516 bits per heavy atom. The number of aryl methyl sites for hydroxylation is 2. The van der Waals surface area contributed by atoms with Crippen LogP contribution in [0.2, 0.25) is 10.0 Å². The molecule has 0 unspecified atom stereocenters. The molecule has 0 amide bonds. The molecule has 2 aliphatic rings. The van der Waals surface area contributed by atoms with Gasteiger partial charge in [0.1, 0.15) is 0 Å². The largest absolute Gasteiger partial charge is 2.00 e. The Morgan fingerprint density at radius 2 is 0.935 bits per heavy atom. The average molecular weight is 475 g/mol. The van der Waals surface area contributed by atoms with Crippen LogP contribution in [0.1, 0.15) is 33.4 Å². The van der Waals surface area contributed by atoms with E-state index in [1.165, 1.54) is 55.6 Å². The zero-order valence-electron chi connectivity index (χ0n) is 17.0. The molecule has 2 aliphatic carbocycles. The van der Waals surface area contributed by atoms with Gasteiger partial charge < -0.3 is 0 Å². The summed E-state index contributed by atoms with van der Waals surface area (Å²) in [5.41, 5.74) is 12.9. The molecule has 0 atom stereocenters. The summed E-state index contributed by atoms with van der Waals surface area (Å²) >= 11 is 13.7. The minimum absolute atomic E-state index is 0. The third kappa shape index (κ3) is 3.42. The summed E-state index contributed by atoms with van der Waals surface area (Å²) in [7, 11) is 0. The Bertz CT molecular complexity index is 1220. The van der Waals surface area contributed by atoms with Crippen molar-refractivity contribution in [2.75, 3.05) is 0 Å². The molecule has 0 bridgehead atoms. The van der Waals surface area contributed by atoms with Gasteiger partial charge in [-0.05, 0) is 68.5 Å². The molecular formula is C28H20Cl2Ti+2. The van der Waals surface area contributed by atoms with Gasteiger partial charge in [-0.25, -0.2) is 0 Å². The summed E-state index contributed by atoms with van der Waals surface area (Å²) in [5, 5.41) is 1.85. The Morgan fingerprint density at radius 3 is 1.39 bits per heavy atom. The minimum Gasteiger partial charge on any atom is -0.0837 e. The molecule has 0 saturated heterocycles. The van der Waals surface area contributed by atoms with Gasteiger partial charge in [-0.3, -0.25) is 0 Å². The Labute approximate surface area is 208 Å². The topological polar surface area (TPSA) is 0 Å². The van der Waals surface area contributed by atoms with Gasteiger partial charge in [0.05, 0.1) is 0 Å². The van der Waals surface area contributed by atoms with Crippen LogP contribution in [0.15, 0.2) is 72.8 Å². The van der Waals surface area contributed by atoms with E-state index in [1.54, 1.807) is 0 Å². The first-order valence-electron chi connectivity index (χ1n) is 10.5. The molecule has 0 spiro atoms. The average Bonchev–Trinajstić information content (AvgIpc) is 3.34. The van der Waals surface area contributed by atoms with E-state index in [2.05, 4.69) is 72.8 Å². The van der Waals surface area contributed by atoms with Gasteiger partial charge in [0.25, 0.3) is 0 Å². The van der Waals surface area contributed by atoms with E-state index in [-0.39, 0.29) is 21.7 Å². The van der Waals surface area contributed by atoms with Crippen LogP contribution in [0.3, 0.4) is 0 Å². The quantitative estimate of drug-likeness (QED) is 0.228. The molecule has 3 heteroatoms. The number of hydrogen-bond acceptors (Lipinski definition) is 0. The third-order valence-electron chi connectivity index (χ3n) is 6.66. The van der Waals surface area contributed by atoms with Crippen LogP contribution in [0.5, 0.6) is 0 Å². The van der Waals surface area contributed by atoms with Crippen molar-refractivity contribution in [3.05, 3.63) is 116 Å². The summed E-state index contributed by atoms with van der Waals surface area (Å²) in [6.07, 6.45) is 3.65. The van der Waals surface area contributed by atoms with Crippen LogP contribution in [0.25, 0.3) is 22.3 Å². The van der Waals surface area contributed by atoms with Crippen LogP contribution in [0.4, 0.5) is 0 Å². The second-order valence-corrected chi connectivity index (χ2v) is 9.05. The molecule has 0 heterocycles. The van der Waals surface area contributed by atoms with E-state index in [0.29, 0.717) is 0 Å². The molecular weight excluding hydrogens is 455 g/mol. The van der Waals surface area contributed by atoms with E-state index in [1.807, 2.05) is 0 Å². The monoisotopic (exact) mass is 474 g/mol. The number of benzene rings is 4. The second-order valence-electron chi connectivity index (χ2n) is 8.30. The van der Waals surface area contributed by atoms with E-state index in [9.17, 15) is 0 Å². The van der Waals surface area contributed by atoms with Gasteiger partial charge in [0.2, 0.25) is 0 Å². The molecule has 31 heavy (non-hydrogen) atoms. The normalized spacial score (nSPS) is 12.6. The Balaban J connectivity index is 0.00000204. The summed E-state index contributed by atoms with van der Waals surface area (Å²) in [6.45, 7) is 0. The van der Waals surface area contributed by atoms with Crippen molar-refractivity contribution in [1.29, 1.82) is 0 Å². The van der Waals surface area contributed by atoms with Crippen molar-refractivity contribution >= 4 is 23.2 Å². The summed E-state index contributed by atoms with van der Waals surface area (Å²) in [4.78, 5) is 0. The van der Waals surface area contributed by atoms with E-state index in [4.69, 9.17) is 23.2 Å². The molecule has 4 aromatic carbocycles. The molecule has 0 N–H and O–H groups in total. The van der Waals surface area contributed by atoms with Gasteiger partial charge in [-0.15, -0.1) is 0 Å². The first-order valence-corrected chi connectivity index (χ1v) is 11.2. The van der Waals surface area contributed by atoms with Crippen molar-refractivity contribution in [3.63, 3.8) is 0 Å². The molecule has 0 nitrogen and oxygen atoms in total. The first-order chi connectivity index (χ1) is 14.7. The smallest absolute Gasteiger partial charge is 0.0837 e. The van der Waals surface area contributed by atoms with E-state index < -0.39 is 0 Å². The maximum Gasteiger partial charge on any atom is 2.00 e. The van der Waals surface area contributed by atoms with Crippen molar-refractivity contribution in [2.24, 2.45) is 0 Å². The molecule has 6 rings (SSSR count). The molecule has 148 valence electrons. The van der Waals surface area contributed by atoms with Crippen molar-refractivity contribution < 1.29 is 21.7 Å². The van der Waals surface area contributed by atoms with Gasteiger partial charge in [-0.2, -0.15) is 0 Å². The number of fused-ring (bicyclic) bond motifs is 6. The van der Waals surface area contributed by atoms with Gasteiger partial charge in [0.15, 0.2) is 0 Å². The SMILES string of the molecule is Clc1c(CCc2ccc3c(c2Cl)Cc2ccccc2-3)ccc2c1Cc1ccccc1-2.[Ti+2]. The Kier molecular flexibility index (Phi) is 5.61. The zero-order chi connectivity index (χ0) is 20.2. The molecule has 4 aromatic rings. The van der Waals surface area contributed by atoms with Crippen LogP contribution < -0.4 is 0 Å². The summed E-state index contributed by atoms with van der Waals surface area (Å²) in [5.74, 6) is 0. The van der Waals surface area contributed by atoms with Crippen LogP contribution in [0, 0.1) is 0 Å². The van der Waals surface area contributed by atoms with Gasteiger partial charge in [0, 0.05) is 22.9 Å². The van der Waals surface area contributed by atoms with Crippen molar-refractivity contribution in [2.45, 2.75) is 25.7 Å². The predicted molar refractivity (Wildman–Crippen MR) is 127 cm³/mol. The molecule has 0 aromatic heterocycles.